The summed E-state index contributed by atoms with van der Waals surface area (Å²) < 4.78 is 5.54. The van der Waals surface area contributed by atoms with Gasteiger partial charge in [0.25, 0.3) is 5.91 Å². The number of aryl methyl sites for hydroxylation is 1. The van der Waals surface area contributed by atoms with Crippen molar-refractivity contribution < 1.29 is 14.3 Å². The number of rotatable bonds is 8. The predicted octanol–water partition coefficient (Wildman–Crippen LogP) is 2.85. The molecule has 7 heteroatoms. The number of amides is 2. The Morgan fingerprint density at radius 1 is 1.10 bits per heavy atom. The third kappa shape index (κ3) is 7.40. The Labute approximate surface area is 177 Å². The fraction of sp³-hybridized carbons (Fsp3) is 0.364. The molecule has 2 amide bonds. The standard InChI is InChI=1S/C22H27N3O3.ClH/c1-16-4-8-18(9-5-16)25-21(26)15-28-19-10-6-17(7-11-19)12-14-24-22(27)20-3-2-13-23-20;/h4-11,20,23H,2-3,12-15H2,1H3,(H,24,27)(H,25,26);1H. The van der Waals surface area contributed by atoms with Crippen molar-refractivity contribution in [3.8, 4) is 5.75 Å². The SMILES string of the molecule is Cc1ccc(NC(=O)COc2ccc(CCNC(=O)C3CCCN3)cc2)cc1.Cl. The van der Waals surface area contributed by atoms with E-state index >= 15 is 0 Å². The van der Waals surface area contributed by atoms with Crippen LogP contribution in [0, 0.1) is 6.92 Å². The molecule has 1 heterocycles. The summed E-state index contributed by atoms with van der Waals surface area (Å²) in [5.41, 5.74) is 3.00. The molecule has 0 spiro atoms. The Morgan fingerprint density at radius 3 is 2.48 bits per heavy atom. The van der Waals surface area contributed by atoms with Crippen molar-refractivity contribution in [1.82, 2.24) is 10.6 Å². The quantitative estimate of drug-likeness (QED) is 0.617. The highest BCUT2D eigenvalue weighted by Gasteiger charge is 2.21. The molecule has 1 saturated heterocycles. The van der Waals surface area contributed by atoms with E-state index < -0.39 is 0 Å². The molecular formula is C22H28ClN3O3. The summed E-state index contributed by atoms with van der Waals surface area (Å²) in [5, 5.41) is 8.96. The van der Waals surface area contributed by atoms with E-state index in [0.717, 1.165) is 42.6 Å². The second-order valence-corrected chi connectivity index (χ2v) is 7.04. The van der Waals surface area contributed by atoms with Crippen LogP contribution in [0.3, 0.4) is 0 Å². The molecule has 156 valence electrons. The second kappa shape index (κ2) is 11.4. The number of hydrogen-bond acceptors (Lipinski definition) is 4. The predicted molar refractivity (Wildman–Crippen MR) is 117 cm³/mol. The molecular weight excluding hydrogens is 390 g/mol. The highest BCUT2D eigenvalue weighted by Crippen LogP contribution is 2.13. The Morgan fingerprint density at radius 2 is 1.83 bits per heavy atom. The van der Waals surface area contributed by atoms with Gasteiger partial charge in [0.05, 0.1) is 6.04 Å². The Hall–Kier alpha value is -2.57. The van der Waals surface area contributed by atoms with E-state index in [9.17, 15) is 9.59 Å². The molecule has 0 saturated carbocycles. The number of nitrogens with one attached hydrogen (secondary N) is 3. The van der Waals surface area contributed by atoms with Crippen LogP contribution in [0.2, 0.25) is 0 Å². The molecule has 0 radical (unpaired) electrons. The van der Waals surface area contributed by atoms with Crippen LogP contribution in [0.15, 0.2) is 48.5 Å². The zero-order valence-corrected chi connectivity index (χ0v) is 17.4. The van der Waals surface area contributed by atoms with Gasteiger partial charge in [0.15, 0.2) is 6.61 Å². The highest BCUT2D eigenvalue weighted by molar-refractivity contribution is 5.91. The summed E-state index contributed by atoms with van der Waals surface area (Å²) in [6, 6.07) is 15.2. The second-order valence-electron chi connectivity index (χ2n) is 7.04. The Bertz CT molecular complexity index is 788. The summed E-state index contributed by atoms with van der Waals surface area (Å²) >= 11 is 0. The summed E-state index contributed by atoms with van der Waals surface area (Å²) in [6.07, 6.45) is 2.73. The third-order valence-electron chi connectivity index (χ3n) is 4.72. The molecule has 1 aliphatic heterocycles. The number of ether oxygens (including phenoxy) is 1. The number of benzene rings is 2. The van der Waals surface area contributed by atoms with E-state index in [1.807, 2.05) is 55.5 Å². The molecule has 0 bridgehead atoms. The van der Waals surface area contributed by atoms with Crippen LogP contribution >= 0.6 is 12.4 Å². The number of carbonyl (C=O) groups excluding carboxylic acids is 2. The van der Waals surface area contributed by atoms with Crippen LogP contribution in [0.1, 0.15) is 24.0 Å². The van der Waals surface area contributed by atoms with E-state index in [2.05, 4.69) is 16.0 Å². The monoisotopic (exact) mass is 417 g/mol. The van der Waals surface area contributed by atoms with Crippen molar-refractivity contribution in [2.75, 3.05) is 25.0 Å². The molecule has 2 aromatic carbocycles. The third-order valence-corrected chi connectivity index (χ3v) is 4.72. The fourth-order valence-electron chi connectivity index (χ4n) is 3.10. The molecule has 29 heavy (non-hydrogen) atoms. The number of hydrogen-bond donors (Lipinski definition) is 3. The van der Waals surface area contributed by atoms with Crippen molar-refractivity contribution in [3.05, 3.63) is 59.7 Å². The minimum absolute atomic E-state index is 0. The molecule has 0 aliphatic carbocycles. The van der Waals surface area contributed by atoms with Crippen LogP contribution in [0.5, 0.6) is 5.75 Å². The van der Waals surface area contributed by atoms with Crippen LogP contribution in [-0.4, -0.2) is 37.6 Å². The molecule has 1 atom stereocenters. The van der Waals surface area contributed by atoms with Crippen LogP contribution in [-0.2, 0) is 16.0 Å². The molecule has 0 aromatic heterocycles. The molecule has 3 N–H and O–H groups in total. The zero-order valence-electron chi connectivity index (χ0n) is 16.6. The van der Waals surface area contributed by atoms with Gasteiger partial charge < -0.3 is 20.7 Å². The average molecular weight is 418 g/mol. The topological polar surface area (TPSA) is 79.5 Å². The maximum absolute atomic E-state index is 12.0. The van der Waals surface area contributed by atoms with Crippen molar-refractivity contribution in [1.29, 1.82) is 0 Å². The number of carbonyl (C=O) groups is 2. The molecule has 1 aliphatic rings. The Kier molecular flexibility index (Phi) is 8.96. The van der Waals surface area contributed by atoms with Crippen molar-refractivity contribution >= 4 is 29.9 Å². The lowest BCUT2D eigenvalue weighted by molar-refractivity contribution is -0.122. The van der Waals surface area contributed by atoms with E-state index in [-0.39, 0.29) is 36.9 Å². The van der Waals surface area contributed by atoms with Crippen LogP contribution < -0.4 is 20.7 Å². The van der Waals surface area contributed by atoms with Crippen molar-refractivity contribution in [2.45, 2.75) is 32.2 Å². The first kappa shape index (κ1) is 22.7. The maximum atomic E-state index is 12.0. The summed E-state index contributed by atoms with van der Waals surface area (Å²) in [6.45, 7) is 3.48. The van der Waals surface area contributed by atoms with Gasteiger partial charge in [-0.1, -0.05) is 29.8 Å². The van der Waals surface area contributed by atoms with Gasteiger partial charge >= 0.3 is 0 Å². The van der Waals surface area contributed by atoms with E-state index in [1.165, 1.54) is 0 Å². The summed E-state index contributed by atoms with van der Waals surface area (Å²) in [5.74, 6) is 0.523. The minimum atomic E-state index is -0.198. The zero-order chi connectivity index (χ0) is 19.8. The van der Waals surface area contributed by atoms with Gasteiger partial charge in [-0.15, -0.1) is 12.4 Å². The first-order valence-corrected chi connectivity index (χ1v) is 9.69. The summed E-state index contributed by atoms with van der Waals surface area (Å²) in [4.78, 5) is 23.9. The minimum Gasteiger partial charge on any atom is -0.484 e. The smallest absolute Gasteiger partial charge is 0.262 e. The first-order valence-electron chi connectivity index (χ1n) is 9.69. The normalized spacial score (nSPS) is 15.3. The Balaban J connectivity index is 0.00000300. The largest absolute Gasteiger partial charge is 0.484 e. The van der Waals surface area contributed by atoms with Gasteiger partial charge in [-0.25, -0.2) is 0 Å². The lowest BCUT2D eigenvalue weighted by atomic mass is 10.1. The van der Waals surface area contributed by atoms with Gasteiger partial charge in [0.1, 0.15) is 5.75 Å². The van der Waals surface area contributed by atoms with E-state index in [0.29, 0.717) is 12.3 Å². The van der Waals surface area contributed by atoms with Gasteiger partial charge in [-0.05, 0) is 62.6 Å². The van der Waals surface area contributed by atoms with Crippen molar-refractivity contribution in [3.63, 3.8) is 0 Å². The van der Waals surface area contributed by atoms with Gasteiger partial charge in [0.2, 0.25) is 5.91 Å². The molecule has 3 rings (SSSR count). The van der Waals surface area contributed by atoms with Crippen LogP contribution in [0.4, 0.5) is 5.69 Å². The summed E-state index contributed by atoms with van der Waals surface area (Å²) in [7, 11) is 0. The van der Waals surface area contributed by atoms with Gasteiger partial charge in [0, 0.05) is 12.2 Å². The van der Waals surface area contributed by atoms with E-state index in [1.54, 1.807) is 0 Å². The van der Waals surface area contributed by atoms with Gasteiger partial charge in [-0.3, -0.25) is 9.59 Å². The number of anilines is 1. The van der Waals surface area contributed by atoms with E-state index in [4.69, 9.17) is 4.74 Å². The fourth-order valence-corrected chi connectivity index (χ4v) is 3.10. The first-order chi connectivity index (χ1) is 13.6. The van der Waals surface area contributed by atoms with Crippen LogP contribution in [0.25, 0.3) is 0 Å². The molecule has 2 aromatic rings. The lowest BCUT2D eigenvalue weighted by Gasteiger charge is -2.11. The molecule has 1 unspecified atom stereocenters. The maximum Gasteiger partial charge on any atom is 0.262 e. The average Bonchev–Trinajstić information content (AvgIpc) is 3.24. The molecule has 1 fully saturated rings. The number of halogens is 1. The van der Waals surface area contributed by atoms with Crippen molar-refractivity contribution in [2.24, 2.45) is 0 Å². The molecule has 6 nitrogen and oxygen atoms in total. The lowest BCUT2D eigenvalue weighted by Crippen LogP contribution is -2.41. The van der Waals surface area contributed by atoms with Gasteiger partial charge in [-0.2, -0.15) is 0 Å². The highest BCUT2D eigenvalue weighted by atomic mass is 35.5.